The van der Waals surface area contributed by atoms with Crippen LogP contribution in [0.25, 0.3) is 0 Å². The molecule has 0 aliphatic heterocycles. The summed E-state index contributed by atoms with van der Waals surface area (Å²) in [6.45, 7) is 0. The number of rotatable bonds is 3. The average molecular weight is 213 g/mol. The minimum absolute atomic E-state index is 0.150. The van der Waals surface area contributed by atoms with Crippen LogP contribution in [0.5, 0.6) is 0 Å². The molecule has 0 aliphatic carbocycles. The van der Waals surface area contributed by atoms with Crippen molar-refractivity contribution in [3.05, 3.63) is 35.9 Å². The van der Waals surface area contributed by atoms with Crippen molar-refractivity contribution in [1.82, 2.24) is 0 Å². The van der Waals surface area contributed by atoms with Gasteiger partial charge in [-0.05, 0) is 12.0 Å². The zero-order valence-corrected chi connectivity index (χ0v) is 7.96. The van der Waals surface area contributed by atoms with E-state index in [0.29, 0.717) is 0 Å². The van der Waals surface area contributed by atoms with Crippen LogP contribution in [0.2, 0.25) is 0 Å². The van der Waals surface area contributed by atoms with Gasteiger partial charge in [0.25, 0.3) is 0 Å². The van der Waals surface area contributed by atoms with Gasteiger partial charge in [-0.2, -0.15) is 18.4 Å². The third-order valence-corrected chi connectivity index (χ3v) is 1.99. The fraction of sp³-hybridized carbons (Fsp3) is 0.364. The molecular weight excluding hydrogens is 203 g/mol. The molecule has 0 saturated carbocycles. The predicted molar refractivity (Wildman–Crippen MR) is 49.9 cm³/mol. The van der Waals surface area contributed by atoms with Crippen molar-refractivity contribution in [2.45, 2.75) is 19.0 Å². The lowest BCUT2D eigenvalue weighted by atomic mass is 9.97. The highest BCUT2D eigenvalue weighted by atomic mass is 19.4. The second-order valence-corrected chi connectivity index (χ2v) is 3.34. The summed E-state index contributed by atoms with van der Waals surface area (Å²) in [4.78, 5) is 0. The van der Waals surface area contributed by atoms with E-state index in [2.05, 4.69) is 0 Å². The van der Waals surface area contributed by atoms with Crippen LogP contribution in [0.4, 0.5) is 13.2 Å². The maximum Gasteiger partial charge on any atom is 0.390 e. The van der Waals surface area contributed by atoms with Crippen molar-refractivity contribution in [3.63, 3.8) is 0 Å². The van der Waals surface area contributed by atoms with Crippen molar-refractivity contribution in [1.29, 1.82) is 5.26 Å². The second kappa shape index (κ2) is 4.83. The van der Waals surface area contributed by atoms with E-state index in [1.807, 2.05) is 0 Å². The van der Waals surface area contributed by atoms with E-state index in [-0.39, 0.29) is 6.42 Å². The molecule has 4 heteroatoms. The van der Waals surface area contributed by atoms with Crippen molar-refractivity contribution in [2.75, 3.05) is 0 Å². The highest BCUT2D eigenvalue weighted by Crippen LogP contribution is 2.26. The Kier molecular flexibility index (Phi) is 3.73. The molecular formula is C11H10F3N. The Morgan fingerprint density at radius 1 is 1.20 bits per heavy atom. The van der Waals surface area contributed by atoms with E-state index >= 15 is 0 Å². The highest BCUT2D eigenvalue weighted by Gasteiger charge is 2.31. The monoisotopic (exact) mass is 213 g/mol. The second-order valence-electron chi connectivity index (χ2n) is 3.34. The molecule has 1 aromatic carbocycles. The molecule has 0 spiro atoms. The highest BCUT2D eigenvalue weighted by molar-refractivity contribution is 5.16. The van der Waals surface area contributed by atoms with E-state index in [1.165, 1.54) is 0 Å². The quantitative estimate of drug-likeness (QED) is 0.755. The number of nitriles is 1. The summed E-state index contributed by atoms with van der Waals surface area (Å²) in [7, 11) is 0. The van der Waals surface area contributed by atoms with Gasteiger partial charge in [0.1, 0.15) is 0 Å². The molecule has 0 aromatic heterocycles. The van der Waals surface area contributed by atoms with Crippen molar-refractivity contribution >= 4 is 0 Å². The number of benzene rings is 1. The topological polar surface area (TPSA) is 23.8 Å². The van der Waals surface area contributed by atoms with Crippen LogP contribution in [0.15, 0.2) is 30.3 Å². The standard InChI is InChI=1S/C11H10F3N/c12-11(13,14)7-10(8-15)6-9-4-2-1-3-5-9/h1-5,10H,6-7H2/t10-/m1/s1. The van der Waals surface area contributed by atoms with Crippen LogP contribution in [-0.4, -0.2) is 6.18 Å². The lowest BCUT2D eigenvalue weighted by molar-refractivity contribution is -0.140. The van der Waals surface area contributed by atoms with Crippen LogP contribution in [0, 0.1) is 17.2 Å². The van der Waals surface area contributed by atoms with Crippen LogP contribution in [0.3, 0.4) is 0 Å². The van der Waals surface area contributed by atoms with Gasteiger partial charge in [0.15, 0.2) is 0 Å². The summed E-state index contributed by atoms with van der Waals surface area (Å²) in [5, 5.41) is 8.60. The number of hydrogen-bond acceptors (Lipinski definition) is 1. The normalized spacial score (nSPS) is 13.2. The Labute approximate surface area is 86.1 Å². The fourth-order valence-corrected chi connectivity index (χ4v) is 1.34. The van der Waals surface area contributed by atoms with Gasteiger partial charge in [-0.25, -0.2) is 0 Å². The molecule has 1 nitrogen and oxygen atoms in total. The van der Waals surface area contributed by atoms with E-state index in [0.717, 1.165) is 5.56 Å². The third kappa shape index (κ3) is 4.50. The lowest BCUT2D eigenvalue weighted by Crippen LogP contribution is -2.15. The molecule has 15 heavy (non-hydrogen) atoms. The fourth-order valence-electron chi connectivity index (χ4n) is 1.34. The SMILES string of the molecule is N#C[C@H](Cc1ccccc1)CC(F)(F)F. The summed E-state index contributed by atoms with van der Waals surface area (Å²) >= 11 is 0. The van der Waals surface area contributed by atoms with Gasteiger partial charge >= 0.3 is 6.18 Å². The molecule has 1 atom stereocenters. The predicted octanol–water partition coefficient (Wildman–Crippen LogP) is 3.32. The van der Waals surface area contributed by atoms with Crippen LogP contribution < -0.4 is 0 Å². The largest absolute Gasteiger partial charge is 0.390 e. The van der Waals surface area contributed by atoms with Gasteiger partial charge in [0.2, 0.25) is 0 Å². The molecule has 0 bridgehead atoms. The maximum absolute atomic E-state index is 12.0. The number of hydrogen-bond donors (Lipinski definition) is 0. The summed E-state index contributed by atoms with van der Waals surface area (Å²) in [5.74, 6) is -0.993. The lowest BCUT2D eigenvalue weighted by Gasteiger charge is -2.11. The summed E-state index contributed by atoms with van der Waals surface area (Å²) in [6.07, 6.45) is -5.16. The first-order valence-electron chi connectivity index (χ1n) is 4.51. The minimum atomic E-state index is -4.27. The van der Waals surface area contributed by atoms with Gasteiger partial charge < -0.3 is 0 Å². The van der Waals surface area contributed by atoms with E-state index in [9.17, 15) is 13.2 Å². The van der Waals surface area contributed by atoms with Gasteiger partial charge in [0, 0.05) is 0 Å². The molecule has 0 saturated heterocycles. The molecule has 1 rings (SSSR count). The molecule has 1 aromatic rings. The number of alkyl halides is 3. The maximum atomic E-state index is 12.0. The van der Waals surface area contributed by atoms with Crippen molar-refractivity contribution < 1.29 is 13.2 Å². The van der Waals surface area contributed by atoms with Crippen molar-refractivity contribution in [2.24, 2.45) is 5.92 Å². The van der Waals surface area contributed by atoms with Gasteiger partial charge in [-0.1, -0.05) is 30.3 Å². The molecule has 0 aliphatic rings. The van der Waals surface area contributed by atoms with E-state index in [4.69, 9.17) is 5.26 Å². The molecule has 0 amide bonds. The molecule has 0 heterocycles. The molecule has 80 valence electrons. The van der Waals surface area contributed by atoms with E-state index < -0.39 is 18.5 Å². The first-order chi connectivity index (χ1) is 7.01. The Hall–Kier alpha value is -1.50. The van der Waals surface area contributed by atoms with Gasteiger partial charge in [-0.15, -0.1) is 0 Å². The van der Waals surface area contributed by atoms with Crippen LogP contribution in [0.1, 0.15) is 12.0 Å². The van der Waals surface area contributed by atoms with Gasteiger partial charge in [0.05, 0.1) is 18.4 Å². The van der Waals surface area contributed by atoms with Crippen LogP contribution in [-0.2, 0) is 6.42 Å². The zero-order valence-electron chi connectivity index (χ0n) is 7.96. The average Bonchev–Trinajstić information content (AvgIpc) is 2.16. The summed E-state index contributed by atoms with van der Waals surface area (Å²) < 4.78 is 36.1. The molecule has 0 N–H and O–H groups in total. The first-order valence-corrected chi connectivity index (χ1v) is 4.51. The Balaban J connectivity index is 2.60. The third-order valence-electron chi connectivity index (χ3n) is 1.99. The minimum Gasteiger partial charge on any atom is -0.198 e. The smallest absolute Gasteiger partial charge is 0.198 e. The van der Waals surface area contributed by atoms with Gasteiger partial charge in [-0.3, -0.25) is 0 Å². The van der Waals surface area contributed by atoms with Crippen LogP contribution >= 0.6 is 0 Å². The van der Waals surface area contributed by atoms with Crippen molar-refractivity contribution in [3.8, 4) is 6.07 Å². The molecule has 0 unspecified atom stereocenters. The van der Waals surface area contributed by atoms with E-state index in [1.54, 1.807) is 36.4 Å². The summed E-state index contributed by atoms with van der Waals surface area (Å²) in [5.41, 5.74) is 0.758. The first kappa shape index (κ1) is 11.6. The Morgan fingerprint density at radius 3 is 2.27 bits per heavy atom. The molecule has 0 radical (unpaired) electrons. The number of nitrogens with zero attached hydrogens (tertiary/aromatic N) is 1. The Morgan fingerprint density at radius 2 is 1.80 bits per heavy atom. The number of halogens is 3. The molecule has 0 fully saturated rings. The summed E-state index contributed by atoms with van der Waals surface area (Å²) in [6, 6.07) is 10.4. The zero-order chi connectivity index (χ0) is 11.3. The Bertz CT molecular complexity index is 337.